The first-order valence-electron chi connectivity index (χ1n) is 6.63. The third-order valence-electron chi connectivity index (χ3n) is 3.10. The van der Waals surface area contributed by atoms with Crippen LogP contribution in [0, 0.1) is 12.7 Å². The summed E-state index contributed by atoms with van der Waals surface area (Å²) in [4.78, 5) is 19.1. The number of amides is 1. The maximum atomic E-state index is 13.6. The molecule has 0 unspecified atom stereocenters. The van der Waals surface area contributed by atoms with Crippen LogP contribution in [0.3, 0.4) is 0 Å². The zero-order valence-electron chi connectivity index (χ0n) is 12.1. The van der Waals surface area contributed by atoms with Crippen LogP contribution in [0.25, 0.3) is 5.78 Å². The number of rotatable bonds is 2. The van der Waals surface area contributed by atoms with Gasteiger partial charge in [-0.15, -0.1) is 5.10 Å². The van der Waals surface area contributed by atoms with Crippen LogP contribution in [0.2, 0.25) is 0 Å². The zero-order valence-corrected chi connectivity index (χ0v) is 12.1. The number of aromatic nitrogens is 4. The summed E-state index contributed by atoms with van der Waals surface area (Å²) in [6, 6.07) is 6.60. The van der Waals surface area contributed by atoms with Gasteiger partial charge in [0.05, 0.1) is 5.56 Å². The van der Waals surface area contributed by atoms with Crippen LogP contribution in [0.5, 0.6) is 0 Å². The fraction of sp³-hybridized carbons (Fsp3) is 0.143. The Morgan fingerprint density at radius 3 is 2.58 bits per heavy atom. The van der Waals surface area contributed by atoms with E-state index in [-0.39, 0.29) is 22.9 Å². The van der Waals surface area contributed by atoms with E-state index in [0.717, 1.165) is 10.6 Å². The number of aryl methyl sites for hydroxylation is 1. The molecule has 0 atom stereocenters. The highest BCUT2D eigenvalue weighted by molar-refractivity contribution is 6.04. The van der Waals surface area contributed by atoms with Gasteiger partial charge in [-0.25, -0.2) is 8.91 Å². The molecule has 6 nitrogen and oxygen atoms in total. The summed E-state index contributed by atoms with van der Waals surface area (Å²) < 4.78 is 52.5. The molecule has 0 spiro atoms. The molecular formula is C14H9F4N5O. The van der Waals surface area contributed by atoms with E-state index < -0.39 is 23.7 Å². The Morgan fingerprint density at radius 1 is 1.21 bits per heavy atom. The summed E-state index contributed by atoms with van der Waals surface area (Å²) in [6.07, 6.45) is -4.71. The van der Waals surface area contributed by atoms with Gasteiger partial charge in [-0.1, -0.05) is 12.1 Å². The Balaban J connectivity index is 1.96. The Bertz CT molecular complexity index is 935. The highest BCUT2D eigenvalue weighted by atomic mass is 19.4. The molecule has 0 aliphatic carbocycles. The lowest BCUT2D eigenvalue weighted by molar-refractivity contribution is -0.144. The van der Waals surface area contributed by atoms with Crippen molar-refractivity contribution >= 4 is 17.5 Å². The summed E-state index contributed by atoms with van der Waals surface area (Å²) in [6.45, 7) is 1.47. The second kappa shape index (κ2) is 5.55. The van der Waals surface area contributed by atoms with Crippen LogP contribution in [0.15, 0.2) is 30.3 Å². The van der Waals surface area contributed by atoms with Gasteiger partial charge in [-0.2, -0.15) is 23.1 Å². The molecule has 0 aliphatic heterocycles. The van der Waals surface area contributed by atoms with Gasteiger partial charge >= 0.3 is 6.18 Å². The van der Waals surface area contributed by atoms with Gasteiger partial charge in [0.15, 0.2) is 0 Å². The number of benzene rings is 1. The minimum absolute atomic E-state index is 0.0608. The molecule has 0 radical (unpaired) electrons. The first-order chi connectivity index (χ1) is 11.3. The predicted molar refractivity (Wildman–Crippen MR) is 74.9 cm³/mol. The average Bonchev–Trinajstić information content (AvgIpc) is 2.92. The summed E-state index contributed by atoms with van der Waals surface area (Å²) in [7, 11) is 0. The first kappa shape index (κ1) is 15.8. The van der Waals surface area contributed by atoms with Gasteiger partial charge < -0.3 is 5.32 Å². The third kappa shape index (κ3) is 2.90. The molecule has 124 valence electrons. The van der Waals surface area contributed by atoms with Gasteiger partial charge in [0.25, 0.3) is 17.5 Å². The Morgan fingerprint density at radius 2 is 1.92 bits per heavy atom. The van der Waals surface area contributed by atoms with Crippen LogP contribution in [-0.2, 0) is 6.18 Å². The molecule has 0 saturated carbocycles. The van der Waals surface area contributed by atoms with E-state index in [4.69, 9.17) is 0 Å². The molecule has 0 aliphatic rings. The molecule has 10 heteroatoms. The van der Waals surface area contributed by atoms with Gasteiger partial charge in [0, 0.05) is 11.8 Å². The van der Waals surface area contributed by atoms with Gasteiger partial charge in [0.2, 0.25) is 0 Å². The lowest BCUT2D eigenvalue weighted by atomic mass is 10.2. The molecule has 1 N–H and O–H groups in total. The standard InChI is InChI=1S/C14H9F4N5O/c1-7-6-10(19-11(24)8-4-2-3-5-9(8)15)20-13-21-12(14(16,17)18)22-23(7)13/h2-6H,1H3,(H,19,20,21,22,24). The lowest BCUT2D eigenvalue weighted by Gasteiger charge is -2.06. The number of hydrogen-bond donors (Lipinski definition) is 1. The van der Waals surface area contributed by atoms with E-state index in [2.05, 4.69) is 20.4 Å². The van der Waals surface area contributed by atoms with E-state index in [1.807, 2.05) is 0 Å². The van der Waals surface area contributed by atoms with Gasteiger partial charge in [-0.3, -0.25) is 4.79 Å². The topological polar surface area (TPSA) is 72.2 Å². The van der Waals surface area contributed by atoms with Crippen molar-refractivity contribution in [3.63, 3.8) is 0 Å². The molecule has 0 bridgehead atoms. The fourth-order valence-corrected chi connectivity index (χ4v) is 2.02. The number of alkyl halides is 3. The molecule has 2 aromatic heterocycles. The molecule has 3 rings (SSSR count). The number of fused-ring (bicyclic) bond motifs is 1. The quantitative estimate of drug-likeness (QED) is 0.729. The Kier molecular flexibility index (Phi) is 3.66. The van der Waals surface area contributed by atoms with Crippen molar-refractivity contribution in [1.29, 1.82) is 0 Å². The number of nitrogens with one attached hydrogen (secondary N) is 1. The normalized spacial score (nSPS) is 11.7. The smallest absolute Gasteiger partial charge is 0.306 e. The molecule has 0 saturated heterocycles. The molecule has 0 fully saturated rings. The summed E-state index contributed by atoms with van der Waals surface area (Å²) >= 11 is 0. The third-order valence-corrected chi connectivity index (χ3v) is 3.10. The van der Waals surface area contributed by atoms with Crippen molar-refractivity contribution < 1.29 is 22.4 Å². The zero-order chi connectivity index (χ0) is 17.5. The highest BCUT2D eigenvalue weighted by Gasteiger charge is 2.36. The number of nitrogens with zero attached hydrogens (tertiary/aromatic N) is 4. The molecule has 1 amide bonds. The minimum Gasteiger partial charge on any atom is -0.306 e. The first-order valence-corrected chi connectivity index (χ1v) is 6.63. The second-order valence-corrected chi connectivity index (χ2v) is 4.86. The minimum atomic E-state index is -4.71. The summed E-state index contributed by atoms with van der Waals surface area (Å²) in [5.41, 5.74) is 0.0566. The van der Waals surface area contributed by atoms with Gasteiger partial charge in [0.1, 0.15) is 11.6 Å². The second-order valence-electron chi connectivity index (χ2n) is 4.86. The van der Waals surface area contributed by atoms with E-state index >= 15 is 0 Å². The predicted octanol–water partition coefficient (Wildman–Crippen LogP) is 2.84. The molecule has 1 aromatic carbocycles. The van der Waals surface area contributed by atoms with Crippen molar-refractivity contribution in [1.82, 2.24) is 19.6 Å². The monoisotopic (exact) mass is 339 g/mol. The maximum Gasteiger partial charge on any atom is 0.453 e. The maximum absolute atomic E-state index is 13.6. The molecular weight excluding hydrogens is 330 g/mol. The largest absolute Gasteiger partial charge is 0.453 e. The van der Waals surface area contributed by atoms with Crippen LogP contribution in [-0.4, -0.2) is 25.5 Å². The van der Waals surface area contributed by atoms with Crippen molar-refractivity contribution in [2.75, 3.05) is 5.32 Å². The van der Waals surface area contributed by atoms with E-state index in [1.54, 1.807) is 0 Å². The number of anilines is 1. The van der Waals surface area contributed by atoms with Crippen molar-refractivity contribution in [2.45, 2.75) is 13.1 Å². The van der Waals surface area contributed by atoms with Crippen LogP contribution in [0.4, 0.5) is 23.4 Å². The SMILES string of the molecule is Cc1cc(NC(=O)c2ccccc2F)nc2nc(C(F)(F)F)nn12. The molecule has 2 heterocycles. The highest BCUT2D eigenvalue weighted by Crippen LogP contribution is 2.26. The van der Waals surface area contributed by atoms with Crippen LogP contribution in [0.1, 0.15) is 21.9 Å². The number of carbonyl (C=O) groups excluding carboxylic acids is 1. The number of halogens is 4. The lowest BCUT2D eigenvalue weighted by Crippen LogP contribution is -2.15. The summed E-state index contributed by atoms with van der Waals surface area (Å²) in [5, 5.41) is 5.65. The van der Waals surface area contributed by atoms with E-state index in [0.29, 0.717) is 0 Å². The average molecular weight is 339 g/mol. The van der Waals surface area contributed by atoms with Gasteiger partial charge in [-0.05, 0) is 19.1 Å². The number of carbonyl (C=O) groups is 1. The Hall–Kier alpha value is -3.04. The van der Waals surface area contributed by atoms with E-state index in [9.17, 15) is 22.4 Å². The Labute approximate surface area is 132 Å². The summed E-state index contributed by atoms with van der Waals surface area (Å²) in [5.74, 6) is -3.23. The van der Waals surface area contributed by atoms with Crippen LogP contribution < -0.4 is 5.32 Å². The van der Waals surface area contributed by atoms with Crippen molar-refractivity contribution in [3.8, 4) is 0 Å². The number of hydrogen-bond acceptors (Lipinski definition) is 4. The van der Waals surface area contributed by atoms with Crippen molar-refractivity contribution in [3.05, 3.63) is 53.2 Å². The van der Waals surface area contributed by atoms with E-state index in [1.165, 1.54) is 31.2 Å². The van der Waals surface area contributed by atoms with Crippen LogP contribution >= 0.6 is 0 Å². The molecule has 24 heavy (non-hydrogen) atoms. The fourth-order valence-electron chi connectivity index (χ4n) is 2.02. The van der Waals surface area contributed by atoms with Crippen molar-refractivity contribution in [2.24, 2.45) is 0 Å². The molecule has 3 aromatic rings.